The van der Waals surface area contributed by atoms with Gasteiger partial charge in [0.15, 0.2) is 0 Å². The lowest BCUT2D eigenvalue weighted by atomic mass is 10.2. The second-order valence-electron chi connectivity index (χ2n) is 6.20. The van der Waals surface area contributed by atoms with Crippen LogP contribution in [-0.4, -0.2) is 78.3 Å². The van der Waals surface area contributed by atoms with E-state index in [0.717, 1.165) is 58.9 Å². The first kappa shape index (κ1) is 17.4. The molecule has 1 aromatic rings. The molecule has 1 saturated heterocycles. The number of likely N-dealkylation sites (N-methyl/N-ethyl adjacent to an activating group) is 1. The van der Waals surface area contributed by atoms with Crippen LogP contribution >= 0.6 is 0 Å². The topological polar surface area (TPSA) is 30.0 Å². The first-order chi connectivity index (χ1) is 10.7. The van der Waals surface area contributed by atoms with Gasteiger partial charge in [-0.2, -0.15) is 0 Å². The molecule has 2 rings (SSSR count). The highest BCUT2D eigenvalue weighted by Gasteiger charge is 2.20. The third-order valence-electron chi connectivity index (χ3n) is 4.55. The van der Waals surface area contributed by atoms with Gasteiger partial charge in [0.1, 0.15) is 0 Å². The summed E-state index contributed by atoms with van der Waals surface area (Å²) in [5.41, 5.74) is 1.39. The predicted molar refractivity (Wildman–Crippen MR) is 92.0 cm³/mol. The van der Waals surface area contributed by atoms with E-state index in [9.17, 15) is 5.11 Å². The molecule has 0 bridgehead atoms. The van der Waals surface area contributed by atoms with Crippen molar-refractivity contribution in [3.8, 4) is 0 Å². The van der Waals surface area contributed by atoms with Gasteiger partial charge in [-0.15, -0.1) is 0 Å². The third-order valence-corrected chi connectivity index (χ3v) is 4.55. The molecule has 0 spiro atoms. The number of benzene rings is 1. The van der Waals surface area contributed by atoms with Crippen molar-refractivity contribution in [2.75, 3.05) is 52.4 Å². The maximum atomic E-state index is 10.2. The molecule has 124 valence electrons. The number of hydrogen-bond acceptors (Lipinski definition) is 4. The standard InChI is InChI=1S/C18H31N3O/c1-3-19(4-2)15-18(22)16-21-12-10-20(11-13-21)14-17-8-6-5-7-9-17/h5-9,18,22H,3-4,10-16H2,1-2H3/t18-/m0/s1. The molecule has 0 aliphatic carbocycles. The molecule has 0 unspecified atom stereocenters. The average Bonchev–Trinajstić information content (AvgIpc) is 2.55. The summed E-state index contributed by atoms with van der Waals surface area (Å²) in [6.45, 7) is 13.3. The third kappa shape index (κ3) is 5.69. The zero-order valence-corrected chi connectivity index (χ0v) is 14.1. The van der Waals surface area contributed by atoms with Crippen LogP contribution in [0.1, 0.15) is 19.4 Å². The van der Waals surface area contributed by atoms with Crippen molar-refractivity contribution in [3.05, 3.63) is 35.9 Å². The molecule has 0 aromatic heterocycles. The van der Waals surface area contributed by atoms with Crippen LogP contribution in [-0.2, 0) is 6.54 Å². The molecular weight excluding hydrogens is 274 g/mol. The van der Waals surface area contributed by atoms with Gasteiger partial charge in [0.05, 0.1) is 6.10 Å². The molecule has 1 aliphatic rings. The molecule has 1 heterocycles. The van der Waals surface area contributed by atoms with E-state index >= 15 is 0 Å². The maximum Gasteiger partial charge on any atom is 0.0793 e. The first-order valence-corrected chi connectivity index (χ1v) is 8.60. The zero-order valence-electron chi connectivity index (χ0n) is 14.1. The van der Waals surface area contributed by atoms with E-state index in [1.807, 2.05) is 0 Å². The van der Waals surface area contributed by atoms with Crippen molar-refractivity contribution >= 4 is 0 Å². The normalized spacial score (nSPS) is 18.7. The van der Waals surface area contributed by atoms with Crippen LogP contribution in [0.25, 0.3) is 0 Å². The SMILES string of the molecule is CCN(CC)C[C@H](O)CN1CCN(Cc2ccccc2)CC1. The molecule has 4 nitrogen and oxygen atoms in total. The van der Waals surface area contributed by atoms with Gasteiger partial charge in [0.2, 0.25) is 0 Å². The Morgan fingerprint density at radius 3 is 2.18 bits per heavy atom. The summed E-state index contributed by atoms with van der Waals surface area (Å²) < 4.78 is 0. The maximum absolute atomic E-state index is 10.2. The molecule has 0 radical (unpaired) electrons. The van der Waals surface area contributed by atoms with Crippen molar-refractivity contribution in [3.63, 3.8) is 0 Å². The number of rotatable bonds is 8. The second kappa shape index (κ2) is 9.26. The number of hydrogen-bond donors (Lipinski definition) is 1. The summed E-state index contributed by atoms with van der Waals surface area (Å²) in [6.07, 6.45) is -0.236. The molecular formula is C18H31N3O. The fraction of sp³-hybridized carbons (Fsp3) is 0.667. The van der Waals surface area contributed by atoms with Crippen LogP contribution in [0, 0.1) is 0 Å². The smallest absolute Gasteiger partial charge is 0.0793 e. The van der Waals surface area contributed by atoms with Crippen LogP contribution in [0.5, 0.6) is 0 Å². The lowest BCUT2D eigenvalue weighted by molar-refractivity contribution is 0.0509. The molecule has 0 amide bonds. The van der Waals surface area contributed by atoms with Crippen LogP contribution in [0.15, 0.2) is 30.3 Å². The number of aliphatic hydroxyl groups excluding tert-OH is 1. The number of β-amino-alcohol motifs (C(OH)–C–C–N with tert-alkyl or cyclic N) is 1. The molecule has 1 atom stereocenters. The Morgan fingerprint density at radius 2 is 1.59 bits per heavy atom. The Labute approximate surface area is 135 Å². The lowest BCUT2D eigenvalue weighted by Gasteiger charge is -2.36. The summed E-state index contributed by atoms with van der Waals surface area (Å²) in [5.74, 6) is 0. The highest BCUT2D eigenvalue weighted by molar-refractivity contribution is 5.14. The molecule has 1 aliphatic heterocycles. The number of nitrogens with zero attached hydrogens (tertiary/aromatic N) is 3. The fourth-order valence-electron chi connectivity index (χ4n) is 3.11. The van der Waals surface area contributed by atoms with Gasteiger partial charge >= 0.3 is 0 Å². The van der Waals surface area contributed by atoms with Crippen LogP contribution in [0.4, 0.5) is 0 Å². The van der Waals surface area contributed by atoms with E-state index in [2.05, 4.69) is 58.9 Å². The minimum absolute atomic E-state index is 0.236. The molecule has 1 aromatic carbocycles. The van der Waals surface area contributed by atoms with Gasteiger partial charge in [-0.3, -0.25) is 9.80 Å². The monoisotopic (exact) mass is 305 g/mol. The van der Waals surface area contributed by atoms with E-state index in [1.54, 1.807) is 0 Å². The van der Waals surface area contributed by atoms with Gasteiger partial charge < -0.3 is 10.0 Å². The average molecular weight is 305 g/mol. The molecule has 22 heavy (non-hydrogen) atoms. The molecule has 1 N–H and O–H groups in total. The fourth-order valence-corrected chi connectivity index (χ4v) is 3.11. The molecule has 1 fully saturated rings. The zero-order chi connectivity index (χ0) is 15.8. The Morgan fingerprint density at radius 1 is 1.00 bits per heavy atom. The largest absolute Gasteiger partial charge is 0.390 e. The number of aliphatic hydroxyl groups is 1. The van der Waals surface area contributed by atoms with Crippen LogP contribution in [0.3, 0.4) is 0 Å². The second-order valence-corrected chi connectivity index (χ2v) is 6.20. The van der Waals surface area contributed by atoms with Gasteiger partial charge in [0, 0.05) is 45.8 Å². The molecule has 4 heteroatoms. The van der Waals surface area contributed by atoms with E-state index < -0.39 is 0 Å². The summed E-state index contributed by atoms with van der Waals surface area (Å²) in [4.78, 5) is 7.19. The Hall–Kier alpha value is -0.940. The van der Waals surface area contributed by atoms with E-state index in [0.29, 0.717) is 0 Å². The van der Waals surface area contributed by atoms with Gasteiger partial charge in [-0.05, 0) is 18.7 Å². The minimum atomic E-state index is -0.236. The van der Waals surface area contributed by atoms with Crippen molar-refractivity contribution in [1.82, 2.24) is 14.7 Å². The highest BCUT2D eigenvalue weighted by atomic mass is 16.3. The first-order valence-electron chi connectivity index (χ1n) is 8.60. The van der Waals surface area contributed by atoms with Gasteiger partial charge in [-0.1, -0.05) is 44.2 Å². The van der Waals surface area contributed by atoms with Crippen LogP contribution < -0.4 is 0 Å². The molecule has 0 saturated carbocycles. The Balaban J connectivity index is 1.68. The van der Waals surface area contributed by atoms with Crippen molar-refractivity contribution in [2.45, 2.75) is 26.5 Å². The van der Waals surface area contributed by atoms with Crippen molar-refractivity contribution in [2.24, 2.45) is 0 Å². The Bertz CT molecular complexity index is 400. The van der Waals surface area contributed by atoms with E-state index in [4.69, 9.17) is 0 Å². The van der Waals surface area contributed by atoms with Crippen molar-refractivity contribution < 1.29 is 5.11 Å². The highest BCUT2D eigenvalue weighted by Crippen LogP contribution is 2.09. The van der Waals surface area contributed by atoms with Crippen molar-refractivity contribution in [1.29, 1.82) is 0 Å². The number of piperazine rings is 1. The van der Waals surface area contributed by atoms with Crippen LogP contribution in [0.2, 0.25) is 0 Å². The Kier molecular flexibility index (Phi) is 7.33. The lowest BCUT2D eigenvalue weighted by Crippen LogP contribution is -2.49. The van der Waals surface area contributed by atoms with Gasteiger partial charge in [-0.25, -0.2) is 0 Å². The summed E-state index contributed by atoms with van der Waals surface area (Å²) in [5, 5.41) is 10.2. The minimum Gasteiger partial charge on any atom is -0.390 e. The predicted octanol–water partition coefficient (Wildman–Crippen LogP) is 1.51. The van der Waals surface area contributed by atoms with E-state index in [1.165, 1.54) is 5.56 Å². The quantitative estimate of drug-likeness (QED) is 0.788. The van der Waals surface area contributed by atoms with Gasteiger partial charge in [0.25, 0.3) is 0 Å². The summed E-state index contributed by atoms with van der Waals surface area (Å²) in [7, 11) is 0. The summed E-state index contributed by atoms with van der Waals surface area (Å²) >= 11 is 0. The summed E-state index contributed by atoms with van der Waals surface area (Å²) in [6, 6.07) is 10.7. The van der Waals surface area contributed by atoms with E-state index in [-0.39, 0.29) is 6.10 Å².